The molecule has 176 valence electrons. The molecule has 5 heteroatoms. The number of hydrogen-bond donors (Lipinski definition) is 3. The number of hydrogen-bond acceptors (Lipinski definition) is 2. The zero-order valence-electron chi connectivity index (χ0n) is 19.8. The van der Waals surface area contributed by atoms with Gasteiger partial charge in [-0.3, -0.25) is 0 Å². The Labute approximate surface area is 182 Å². The largest absolute Gasteiger partial charge is 0.692 e. The number of unbranched alkanes of at least 4 members (excludes halogenated alkanes) is 14. The third-order valence-electron chi connectivity index (χ3n) is 5.74. The Bertz CT molecular complexity index is 317. The molecular weight excluding hydrogens is 383 g/mol. The second kappa shape index (κ2) is 24.3. The molecule has 0 heterocycles. The monoisotopic (exact) mass is 435 g/mol. The Morgan fingerprint density at radius 2 is 0.724 bits per heavy atom. The first-order valence-corrected chi connectivity index (χ1v) is 13.7. The first-order chi connectivity index (χ1) is 13.9. The Hall–Kier alpha value is -0.0200. The van der Waals surface area contributed by atoms with Crippen LogP contribution in [-0.4, -0.2) is 20.5 Å². The molecule has 0 amide bonds. The van der Waals surface area contributed by atoms with E-state index in [0.717, 1.165) is 19.3 Å². The molecule has 3 N–H and O–H groups in total. The molecule has 0 rings (SSSR count). The van der Waals surface area contributed by atoms with Crippen LogP contribution >= 0.6 is 8.25 Å². The first-order valence-electron chi connectivity index (χ1n) is 12.5. The van der Waals surface area contributed by atoms with Crippen molar-refractivity contribution in [3.63, 3.8) is 0 Å². The summed E-state index contributed by atoms with van der Waals surface area (Å²) in [6, 6.07) is 0. The second-order valence-corrected chi connectivity index (χ2v) is 9.18. The molecule has 0 aromatic carbocycles. The lowest BCUT2D eigenvalue weighted by atomic mass is 9.85. The summed E-state index contributed by atoms with van der Waals surface area (Å²) in [5.41, 5.74) is -0.359. The van der Waals surface area contributed by atoms with Crippen LogP contribution in [0.25, 0.3) is 0 Å². The molecule has 0 unspecified atom stereocenters. The van der Waals surface area contributed by atoms with E-state index < -0.39 is 8.25 Å². The molecule has 0 fully saturated rings. The van der Waals surface area contributed by atoms with Gasteiger partial charge in [0, 0.05) is 4.57 Å². The van der Waals surface area contributed by atoms with Crippen LogP contribution in [0.5, 0.6) is 0 Å². The molecule has 0 aromatic rings. The minimum Gasteiger partial charge on any atom is -0.390 e. The van der Waals surface area contributed by atoms with Crippen molar-refractivity contribution in [1.82, 2.24) is 0 Å². The molecule has 0 bridgehead atoms. The molecule has 4 nitrogen and oxygen atoms in total. The second-order valence-electron chi connectivity index (χ2n) is 8.68. The summed E-state index contributed by atoms with van der Waals surface area (Å²) in [5, 5.41) is 11.2. The Kier molecular flexibility index (Phi) is 26.1. The van der Waals surface area contributed by atoms with Crippen LogP contribution in [0.4, 0.5) is 0 Å². The molecular formula is C24H52O4P+. The molecule has 0 saturated heterocycles. The number of rotatable bonds is 20. The zero-order valence-corrected chi connectivity index (χ0v) is 20.7. The summed E-state index contributed by atoms with van der Waals surface area (Å²) < 4.78 is 8.70. The van der Waals surface area contributed by atoms with Gasteiger partial charge in [-0.05, 0) is 19.3 Å². The Morgan fingerprint density at radius 1 is 0.517 bits per heavy atom. The predicted octanol–water partition coefficient (Wildman–Crippen LogP) is 8.21. The molecule has 0 aromatic heterocycles. The minimum absolute atomic E-state index is 0.359. The van der Waals surface area contributed by atoms with E-state index in [1.54, 1.807) is 0 Å². The number of aliphatic hydroxyl groups is 1. The maximum atomic E-state index is 11.2. The smallest absolute Gasteiger partial charge is 0.390 e. The van der Waals surface area contributed by atoms with Crippen LogP contribution in [0.15, 0.2) is 0 Å². The SMILES string of the molecule is CCCCCCCCC(O)(CCCCCCC)CCCCCCCC.O=[P+](O)O. The molecule has 0 atom stereocenters. The van der Waals surface area contributed by atoms with Gasteiger partial charge >= 0.3 is 8.25 Å². The Morgan fingerprint density at radius 3 is 0.966 bits per heavy atom. The lowest BCUT2D eigenvalue weighted by molar-refractivity contribution is 0.00705. The van der Waals surface area contributed by atoms with Gasteiger partial charge < -0.3 is 5.11 Å². The molecule has 0 radical (unpaired) electrons. The van der Waals surface area contributed by atoms with Gasteiger partial charge in [0.1, 0.15) is 0 Å². The molecule has 0 saturated carbocycles. The maximum absolute atomic E-state index is 11.2. The standard InChI is InChI=1S/C24H50O.HO3P/c1-4-7-10-13-16-19-22-24(25,21-18-15-12-9-6-3)23-20-17-14-11-8-5-2;1-4(2)3/h25H,4-23H2,1-3H3;(H-,1,2,3)/p+1. The lowest BCUT2D eigenvalue weighted by Crippen LogP contribution is -2.28. The lowest BCUT2D eigenvalue weighted by Gasteiger charge is -2.29. The topological polar surface area (TPSA) is 77.8 Å². The van der Waals surface area contributed by atoms with E-state index in [4.69, 9.17) is 14.4 Å². The van der Waals surface area contributed by atoms with E-state index in [1.807, 2.05) is 0 Å². The summed E-state index contributed by atoms with van der Waals surface area (Å²) in [6.07, 6.45) is 25.6. The van der Waals surface area contributed by atoms with Crippen molar-refractivity contribution < 1.29 is 19.5 Å². The fourth-order valence-electron chi connectivity index (χ4n) is 3.90. The van der Waals surface area contributed by atoms with E-state index in [9.17, 15) is 5.11 Å². The molecule has 0 aliphatic heterocycles. The average Bonchev–Trinajstić information content (AvgIpc) is 2.67. The third-order valence-corrected chi connectivity index (χ3v) is 5.74. The highest BCUT2D eigenvalue weighted by Gasteiger charge is 2.25. The molecule has 0 aliphatic rings. The first kappa shape index (κ1) is 31.2. The normalized spacial score (nSPS) is 11.2. The van der Waals surface area contributed by atoms with Crippen molar-refractivity contribution in [3.05, 3.63) is 0 Å². The van der Waals surface area contributed by atoms with Crippen LogP contribution in [0.1, 0.15) is 149 Å². The van der Waals surface area contributed by atoms with Crippen LogP contribution in [-0.2, 0) is 4.57 Å². The van der Waals surface area contributed by atoms with Gasteiger partial charge in [-0.25, -0.2) is 0 Å². The van der Waals surface area contributed by atoms with E-state index in [2.05, 4.69) is 20.8 Å². The van der Waals surface area contributed by atoms with Crippen LogP contribution < -0.4 is 0 Å². The van der Waals surface area contributed by atoms with E-state index in [0.29, 0.717) is 0 Å². The highest BCUT2D eigenvalue weighted by Crippen LogP contribution is 2.29. The van der Waals surface area contributed by atoms with Gasteiger partial charge in [0.25, 0.3) is 0 Å². The zero-order chi connectivity index (χ0) is 22.2. The summed E-state index contributed by atoms with van der Waals surface area (Å²) in [5.74, 6) is 0. The quantitative estimate of drug-likeness (QED) is 0.133. The average molecular weight is 436 g/mol. The van der Waals surface area contributed by atoms with Crippen molar-refractivity contribution >= 4 is 8.25 Å². The van der Waals surface area contributed by atoms with Gasteiger partial charge in [0.15, 0.2) is 0 Å². The van der Waals surface area contributed by atoms with Crippen molar-refractivity contribution in [2.45, 2.75) is 155 Å². The molecule has 0 spiro atoms. The molecule has 0 aliphatic carbocycles. The highest BCUT2D eigenvalue weighted by molar-refractivity contribution is 7.30. The van der Waals surface area contributed by atoms with Gasteiger partial charge in [-0.15, -0.1) is 9.79 Å². The van der Waals surface area contributed by atoms with Crippen LogP contribution in [0.2, 0.25) is 0 Å². The third kappa shape index (κ3) is 28.0. The van der Waals surface area contributed by atoms with E-state index >= 15 is 0 Å². The van der Waals surface area contributed by atoms with Gasteiger partial charge in [0.05, 0.1) is 5.60 Å². The van der Waals surface area contributed by atoms with Crippen molar-refractivity contribution in [3.8, 4) is 0 Å². The molecule has 29 heavy (non-hydrogen) atoms. The Balaban J connectivity index is 0. The van der Waals surface area contributed by atoms with E-state index in [-0.39, 0.29) is 5.60 Å². The maximum Gasteiger partial charge on any atom is 0.692 e. The fourth-order valence-corrected chi connectivity index (χ4v) is 3.90. The predicted molar refractivity (Wildman–Crippen MR) is 126 cm³/mol. The van der Waals surface area contributed by atoms with Crippen molar-refractivity contribution in [1.29, 1.82) is 0 Å². The fraction of sp³-hybridized carbons (Fsp3) is 1.00. The summed E-state index contributed by atoms with van der Waals surface area (Å²) in [6.45, 7) is 6.82. The van der Waals surface area contributed by atoms with Gasteiger partial charge in [-0.1, -0.05) is 130 Å². The van der Waals surface area contributed by atoms with Crippen LogP contribution in [0.3, 0.4) is 0 Å². The van der Waals surface area contributed by atoms with Crippen molar-refractivity contribution in [2.75, 3.05) is 0 Å². The van der Waals surface area contributed by atoms with Crippen molar-refractivity contribution in [2.24, 2.45) is 0 Å². The van der Waals surface area contributed by atoms with E-state index in [1.165, 1.54) is 109 Å². The summed E-state index contributed by atoms with van der Waals surface area (Å²) >= 11 is 0. The van der Waals surface area contributed by atoms with Gasteiger partial charge in [0.2, 0.25) is 0 Å². The highest BCUT2D eigenvalue weighted by atomic mass is 31.1. The summed E-state index contributed by atoms with van der Waals surface area (Å²) in [4.78, 5) is 14.2. The minimum atomic E-state index is -2.87. The van der Waals surface area contributed by atoms with Crippen LogP contribution in [0, 0.1) is 0 Å². The summed E-state index contributed by atoms with van der Waals surface area (Å²) in [7, 11) is -2.87. The van der Waals surface area contributed by atoms with Gasteiger partial charge in [-0.2, -0.15) is 0 Å².